The van der Waals surface area contributed by atoms with Gasteiger partial charge in [-0.15, -0.1) is 0 Å². The van der Waals surface area contributed by atoms with Gasteiger partial charge in [0.05, 0.1) is 6.20 Å². The molecule has 0 spiro atoms. The molecule has 0 fully saturated rings. The number of halogens is 1. The fourth-order valence-electron chi connectivity index (χ4n) is 1.10. The number of nitrogens with zero attached hydrogens (tertiary/aromatic N) is 3. The molecule has 0 aliphatic carbocycles. The van der Waals surface area contributed by atoms with Crippen molar-refractivity contribution in [1.82, 2.24) is 9.97 Å². The van der Waals surface area contributed by atoms with Gasteiger partial charge in [-0.3, -0.25) is 0 Å². The van der Waals surface area contributed by atoms with Crippen molar-refractivity contribution in [2.45, 2.75) is 0 Å². The molecule has 1 aromatic rings. The summed E-state index contributed by atoms with van der Waals surface area (Å²) in [6.07, 6.45) is 7.13. The summed E-state index contributed by atoms with van der Waals surface area (Å²) in [6.45, 7) is 0. The Morgan fingerprint density at radius 3 is 3.18 bits per heavy atom. The number of aromatic nitrogens is 2. The number of hydrogen-bond donors (Lipinski definition) is 2. The van der Waals surface area contributed by atoms with E-state index in [1.807, 2.05) is 24.3 Å². The monoisotopic (exact) mass is 337 g/mol. The van der Waals surface area contributed by atoms with Crippen LogP contribution in [0.15, 0.2) is 34.2 Å². The number of hydrogen-bond acceptors (Lipinski definition) is 5. The first-order valence-corrected chi connectivity index (χ1v) is 6.99. The third-order valence-corrected chi connectivity index (χ3v) is 3.33. The van der Waals surface area contributed by atoms with Crippen LogP contribution in [0, 0.1) is 11.3 Å². The smallest absolute Gasteiger partial charge is 0.229 e. The van der Waals surface area contributed by atoms with Gasteiger partial charge in [0.2, 0.25) is 5.95 Å². The number of nitrogen functional groups attached to an aromatic ring is 1. The molecule has 0 bridgehead atoms. The predicted octanol–water partition coefficient (Wildman–Crippen LogP) is 1.68. The van der Waals surface area contributed by atoms with E-state index in [4.69, 9.17) is 11.0 Å². The molecule has 5 nitrogen and oxygen atoms in total. The molecule has 0 radical (unpaired) electrons. The van der Waals surface area contributed by atoms with E-state index < -0.39 is 0 Å². The van der Waals surface area contributed by atoms with Crippen LogP contribution < -0.4 is 11.1 Å². The lowest BCUT2D eigenvalue weighted by molar-refractivity contribution is 1.15. The van der Waals surface area contributed by atoms with Crippen LogP contribution in [-0.2, 0) is 0 Å². The van der Waals surface area contributed by atoms with Gasteiger partial charge in [0, 0.05) is 5.70 Å². The highest BCUT2D eigenvalue weighted by Crippen LogP contribution is 2.12. The molecule has 1 aromatic heterocycles. The van der Waals surface area contributed by atoms with Crippen LogP contribution in [0.1, 0.15) is 5.56 Å². The van der Waals surface area contributed by atoms with Gasteiger partial charge in [-0.2, -0.15) is 10.2 Å². The lowest BCUT2D eigenvalue weighted by Gasteiger charge is -2.05. The Kier molecular flexibility index (Phi) is 3.65. The molecule has 84 valence electrons. The molecule has 6 heteroatoms. The number of anilines is 2. The van der Waals surface area contributed by atoms with Gasteiger partial charge in [0.25, 0.3) is 0 Å². The highest BCUT2D eigenvalue weighted by atomic mass is 127. The van der Waals surface area contributed by atoms with E-state index >= 15 is 0 Å². The Labute approximate surface area is 108 Å². The first-order valence-electron chi connectivity index (χ1n) is 4.67. The van der Waals surface area contributed by atoms with Crippen LogP contribution in [-0.4, -0.2) is 13.6 Å². The molecule has 0 unspecified atom stereocenters. The summed E-state index contributed by atoms with van der Waals surface area (Å²) in [6, 6.07) is 1.92. The molecule has 0 saturated heterocycles. The summed E-state index contributed by atoms with van der Waals surface area (Å²) >= 11 is -0.117. The largest absolute Gasteiger partial charge is 0.382 e. The first-order chi connectivity index (χ1) is 8.29. The van der Waals surface area contributed by atoms with Crippen molar-refractivity contribution in [2.24, 2.45) is 0 Å². The van der Waals surface area contributed by atoms with Crippen molar-refractivity contribution in [3.8, 4) is 6.07 Å². The third kappa shape index (κ3) is 3.00. The lowest BCUT2D eigenvalue weighted by Crippen LogP contribution is -2.05. The van der Waals surface area contributed by atoms with Gasteiger partial charge < -0.3 is 11.1 Å². The highest BCUT2D eigenvalue weighted by molar-refractivity contribution is 14.2. The number of nitrogens with one attached hydrogen (secondary N) is 1. The van der Waals surface area contributed by atoms with Gasteiger partial charge in [-0.05, 0) is 43.0 Å². The van der Waals surface area contributed by atoms with E-state index in [0.717, 1.165) is 5.70 Å². The van der Waals surface area contributed by atoms with Crippen molar-refractivity contribution < 1.29 is 0 Å². The van der Waals surface area contributed by atoms with Crippen molar-refractivity contribution in [3.63, 3.8) is 0 Å². The molecule has 1 aliphatic heterocycles. The first kappa shape index (κ1) is 11.5. The van der Waals surface area contributed by atoms with Crippen LogP contribution in [0.2, 0.25) is 0 Å². The molecule has 2 heterocycles. The highest BCUT2D eigenvalue weighted by Gasteiger charge is 2.03. The van der Waals surface area contributed by atoms with E-state index in [2.05, 4.69) is 23.0 Å². The quantitative estimate of drug-likeness (QED) is 0.802. The molecule has 0 amide bonds. The summed E-state index contributed by atoms with van der Waals surface area (Å²) in [5.41, 5.74) is 6.75. The molecule has 17 heavy (non-hydrogen) atoms. The van der Waals surface area contributed by atoms with E-state index in [1.165, 1.54) is 6.20 Å². The van der Waals surface area contributed by atoms with Crippen molar-refractivity contribution >= 4 is 36.2 Å². The average molecular weight is 337 g/mol. The summed E-state index contributed by atoms with van der Waals surface area (Å²) in [5, 5.41) is 11.7. The Morgan fingerprint density at radius 1 is 1.53 bits per heavy atom. The van der Waals surface area contributed by atoms with Crippen molar-refractivity contribution in [3.05, 3.63) is 39.8 Å². The standard InChI is InChI=1S/C11H8IN5/c13-6-8-7-15-11(17-10(8)14)16-9-2-1-4-12-5-3-9/h1-3,5,7H,(H3,14,15,16,17). The summed E-state index contributed by atoms with van der Waals surface area (Å²) < 4.78 is 5.24. The van der Waals surface area contributed by atoms with Gasteiger partial charge >= 0.3 is 0 Å². The second-order valence-corrected chi connectivity index (χ2v) is 4.99. The van der Waals surface area contributed by atoms with Gasteiger partial charge in [0.1, 0.15) is 17.5 Å². The molecule has 2 rings (SSSR count). The zero-order chi connectivity index (χ0) is 12.1. The molecule has 0 aromatic carbocycles. The topological polar surface area (TPSA) is 87.6 Å². The minimum atomic E-state index is -0.117. The van der Waals surface area contributed by atoms with Gasteiger partial charge in [-0.1, -0.05) is 3.67 Å². The number of nitrogens with two attached hydrogens (primary N) is 1. The SMILES string of the molecule is N#Cc1cnc(NC2=CC=C=IC=C2)nc1N. The van der Waals surface area contributed by atoms with Crippen LogP contribution in [0.25, 0.3) is 0 Å². The fourth-order valence-corrected chi connectivity index (χ4v) is 2.26. The maximum Gasteiger partial charge on any atom is 0.229 e. The maximum atomic E-state index is 8.71. The zero-order valence-corrected chi connectivity index (χ0v) is 10.8. The lowest BCUT2D eigenvalue weighted by atomic mass is 10.3. The van der Waals surface area contributed by atoms with Crippen LogP contribution in [0.4, 0.5) is 11.8 Å². The Hall–Kier alpha value is -1.97. The molecular weight excluding hydrogens is 329 g/mol. The fraction of sp³-hybridized carbons (Fsp3) is 0. The zero-order valence-electron chi connectivity index (χ0n) is 8.68. The second-order valence-electron chi connectivity index (χ2n) is 3.03. The summed E-state index contributed by atoms with van der Waals surface area (Å²) in [7, 11) is 0. The summed E-state index contributed by atoms with van der Waals surface area (Å²) in [5.74, 6) is 0.559. The number of rotatable bonds is 2. The third-order valence-electron chi connectivity index (χ3n) is 1.89. The van der Waals surface area contributed by atoms with E-state index in [0.29, 0.717) is 5.95 Å². The van der Waals surface area contributed by atoms with Crippen LogP contribution >= 0.6 is 20.7 Å². The normalized spacial score (nSPS) is 13.2. The molecular formula is C11H8IN5. The van der Waals surface area contributed by atoms with E-state index in [9.17, 15) is 0 Å². The Morgan fingerprint density at radius 2 is 2.41 bits per heavy atom. The second kappa shape index (κ2) is 5.39. The Balaban J connectivity index is 2.21. The summed E-state index contributed by atoms with van der Waals surface area (Å²) in [4.78, 5) is 8.01. The molecule has 0 atom stereocenters. The molecule has 0 saturated carbocycles. The van der Waals surface area contributed by atoms with Crippen LogP contribution in [0.5, 0.6) is 0 Å². The van der Waals surface area contributed by atoms with Crippen molar-refractivity contribution in [1.29, 1.82) is 5.26 Å². The van der Waals surface area contributed by atoms with E-state index in [1.54, 1.807) is 0 Å². The number of nitriles is 1. The Bertz CT molecular complexity index is 603. The predicted molar refractivity (Wildman–Crippen MR) is 75.6 cm³/mol. The van der Waals surface area contributed by atoms with E-state index in [-0.39, 0.29) is 32.1 Å². The average Bonchev–Trinajstić information content (AvgIpc) is 2.58. The maximum absolute atomic E-state index is 8.71. The number of allylic oxidation sites excluding steroid dienone is 3. The van der Waals surface area contributed by atoms with Gasteiger partial charge in [0.15, 0.2) is 0 Å². The minimum absolute atomic E-state index is 0.117. The molecule has 1 aliphatic rings. The van der Waals surface area contributed by atoms with Gasteiger partial charge in [-0.25, -0.2) is 4.98 Å². The molecule has 3 N–H and O–H groups in total. The minimum Gasteiger partial charge on any atom is -0.382 e. The van der Waals surface area contributed by atoms with Crippen molar-refractivity contribution in [2.75, 3.05) is 11.1 Å². The van der Waals surface area contributed by atoms with Crippen LogP contribution in [0.3, 0.4) is 0 Å².